The summed E-state index contributed by atoms with van der Waals surface area (Å²) in [5, 5.41) is 1.99. The molecule has 1 saturated heterocycles. The van der Waals surface area contributed by atoms with Gasteiger partial charge in [-0.1, -0.05) is 47.4 Å². The number of allylic oxidation sites excluding steroid dienone is 3. The van der Waals surface area contributed by atoms with Crippen molar-refractivity contribution in [2.45, 2.75) is 70.2 Å². The Morgan fingerprint density at radius 1 is 1.35 bits per heavy atom. The zero-order valence-electron chi connectivity index (χ0n) is 22.5. The van der Waals surface area contributed by atoms with Crippen LogP contribution in [0.1, 0.15) is 74.7 Å². The first-order valence-corrected chi connectivity index (χ1v) is 14.4. The molecule has 0 aliphatic carbocycles. The fourth-order valence-corrected chi connectivity index (χ4v) is 5.27. The Labute approximate surface area is 228 Å². The van der Waals surface area contributed by atoms with Gasteiger partial charge >= 0.3 is 0 Å². The van der Waals surface area contributed by atoms with Gasteiger partial charge in [-0.2, -0.15) is 0 Å². The van der Waals surface area contributed by atoms with E-state index in [0.29, 0.717) is 12.5 Å². The van der Waals surface area contributed by atoms with Gasteiger partial charge in [-0.15, -0.1) is 17.9 Å². The van der Waals surface area contributed by atoms with Crippen LogP contribution in [0.2, 0.25) is 0 Å². The van der Waals surface area contributed by atoms with Crippen molar-refractivity contribution in [1.82, 2.24) is 19.8 Å². The number of unbranched alkanes of at least 4 members (excludes halogenated alkanes) is 1. The molecule has 1 aliphatic rings. The average Bonchev–Trinajstić information content (AvgIpc) is 3.39. The topological polar surface area (TPSA) is 49.3 Å². The van der Waals surface area contributed by atoms with Crippen LogP contribution in [0.5, 0.6) is 0 Å². The number of hydrogen-bond acceptors (Lipinski definition) is 5. The van der Waals surface area contributed by atoms with Gasteiger partial charge in [0.1, 0.15) is 5.41 Å². The average molecular weight is 545 g/mol. The van der Waals surface area contributed by atoms with Gasteiger partial charge in [0.05, 0.1) is 28.6 Å². The Balaban J connectivity index is 0.000000317. The molecule has 8 heteroatoms. The minimum Gasteiger partial charge on any atom is -0.367 e. The Morgan fingerprint density at radius 2 is 2.08 bits per heavy atom. The molecule has 2 atom stereocenters. The quantitative estimate of drug-likeness (QED) is 0.161. The third-order valence-electron chi connectivity index (χ3n) is 6.36. The lowest BCUT2D eigenvalue weighted by molar-refractivity contribution is -0.119. The van der Waals surface area contributed by atoms with Crippen molar-refractivity contribution in [1.29, 1.82) is 0 Å². The van der Waals surface area contributed by atoms with Crippen LogP contribution in [-0.4, -0.2) is 51.7 Å². The molecule has 0 radical (unpaired) electrons. The van der Waals surface area contributed by atoms with Crippen molar-refractivity contribution in [2.24, 2.45) is 0 Å². The fourth-order valence-electron chi connectivity index (χ4n) is 4.01. The maximum absolute atomic E-state index is 13.6. The molecule has 0 saturated carbocycles. The lowest BCUT2D eigenvalue weighted by Gasteiger charge is -2.27. The van der Waals surface area contributed by atoms with E-state index in [2.05, 4.69) is 44.6 Å². The summed E-state index contributed by atoms with van der Waals surface area (Å²) in [4.78, 5) is 23.9. The van der Waals surface area contributed by atoms with Gasteiger partial charge in [0, 0.05) is 37.6 Å². The fraction of sp³-hybridized carbons (Fsp3) is 0.483. The smallest absolute Gasteiger partial charge is 0.209 e. The maximum Gasteiger partial charge on any atom is 0.209 e. The van der Waals surface area contributed by atoms with Gasteiger partial charge in [-0.05, 0) is 56.7 Å². The lowest BCUT2D eigenvalue weighted by atomic mass is 9.98. The van der Waals surface area contributed by atoms with E-state index in [-0.39, 0.29) is 0 Å². The number of aromatic nitrogens is 2. The number of carbonyl (C=O) groups is 1. The SMILES string of the molecule is C=C(c1csc(C2CCN(C=O)CC2)n1)N(C)Cc1ccccn1.C=CCC/C(=C\CCC)C(C)(F)P. The predicted molar refractivity (Wildman–Crippen MR) is 158 cm³/mol. The van der Waals surface area contributed by atoms with E-state index in [9.17, 15) is 9.18 Å². The van der Waals surface area contributed by atoms with Crippen LogP contribution in [0.4, 0.5) is 4.39 Å². The van der Waals surface area contributed by atoms with E-state index < -0.39 is 5.41 Å². The molecule has 2 unspecified atom stereocenters. The molecule has 1 aliphatic heterocycles. The number of piperidine rings is 1. The molecule has 37 heavy (non-hydrogen) atoms. The van der Waals surface area contributed by atoms with Crippen molar-refractivity contribution in [3.8, 4) is 0 Å². The summed E-state index contributed by atoms with van der Waals surface area (Å²) in [6, 6.07) is 5.92. The number of pyridine rings is 1. The summed E-state index contributed by atoms with van der Waals surface area (Å²) in [5.41, 5.74) is 3.73. The van der Waals surface area contributed by atoms with E-state index in [4.69, 9.17) is 4.98 Å². The highest BCUT2D eigenvalue weighted by Gasteiger charge is 2.23. The summed E-state index contributed by atoms with van der Waals surface area (Å²) in [6.07, 6.45) is 12.2. The number of halogens is 1. The second-order valence-corrected chi connectivity index (χ2v) is 11.5. The summed E-state index contributed by atoms with van der Waals surface area (Å²) in [5.74, 6) is 0.453. The summed E-state index contributed by atoms with van der Waals surface area (Å²) < 4.78 is 13.6. The lowest BCUT2D eigenvalue weighted by Crippen LogP contribution is -2.31. The molecule has 0 aromatic carbocycles. The monoisotopic (exact) mass is 544 g/mol. The number of nitrogens with zero attached hydrogens (tertiary/aromatic N) is 4. The van der Waals surface area contributed by atoms with Gasteiger partial charge in [-0.25, -0.2) is 9.37 Å². The van der Waals surface area contributed by atoms with Gasteiger partial charge in [-0.3, -0.25) is 9.78 Å². The Morgan fingerprint density at radius 3 is 2.65 bits per heavy atom. The molecule has 202 valence electrons. The van der Waals surface area contributed by atoms with Crippen LogP contribution >= 0.6 is 20.6 Å². The van der Waals surface area contributed by atoms with Gasteiger partial charge in [0.2, 0.25) is 6.41 Å². The molecular weight excluding hydrogens is 502 g/mol. The first kappa shape index (κ1) is 30.9. The molecule has 0 bridgehead atoms. The highest BCUT2D eigenvalue weighted by Crippen LogP contribution is 2.33. The minimum absolute atomic E-state index is 0.453. The van der Waals surface area contributed by atoms with Crippen LogP contribution in [-0.2, 0) is 11.3 Å². The number of rotatable bonds is 12. The number of alkyl halides is 1. The van der Waals surface area contributed by atoms with Crippen molar-refractivity contribution in [3.63, 3.8) is 0 Å². The van der Waals surface area contributed by atoms with Crippen LogP contribution in [0, 0.1) is 0 Å². The number of hydrogen-bond donors (Lipinski definition) is 0. The summed E-state index contributed by atoms with van der Waals surface area (Å²) >= 11 is 1.70. The van der Waals surface area contributed by atoms with E-state index in [1.165, 1.54) is 0 Å². The first-order valence-electron chi connectivity index (χ1n) is 12.9. The maximum atomic E-state index is 13.6. The van der Waals surface area contributed by atoms with Gasteiger partial charge < -0.3 is 9.80 Å². The van der Waals surface area contributed by atoms with Crippen LogP contribution in [0.3, 0.4) is 0 Å². The summed E-state index contributed by atoms with van der Waals surface area (Å²) in [6.45, 7) is 13.9. The van der Waals surface area contributed by atoms with Crippen molar-refractivity contribution >= 4 is 32.7 Å². The molecule has 3 heterocycles. The number of carbonyl (C=O) groups excluding carboxylic acids is 1. The van der Waals surface area contributed by atoms with E-state index >= 15 is 0 Å². The van der Waals surface area contributed by atoms with Crippen LogP contribution in [0.15, 0.2) is 60.7 Å². The second kappa shape index (κ2) is 15.8. The third-order valence-corrected chi connectivity index (χ3v) is 7.73. The molecule has 0 N–H and O–H groups in total. The molecule has 5 nitrogen and oxygen atoms in total. The Bertz CT molecular complexity index is 1010. The van der Waals surface area contributed by atoms with Crippen molar-refractivity contribution in [2.75, 3.05) is 20.1 Å². The van der Waals surface area contributed by atoms with E-state index in [0.717, 1.165) is 85.7 Å². The van der Waals surface area contributed by atoms with E-state index in [1.54, 1.807) is 24.5 Å². The normalized spacial score (nSPS) is 15.8. The van der Waals surface area contributed by atoms with Crippen LogP contribution in [0.25, 0.3) is 5.70 Å². The predicted octanol–water partition coefficient (Wildman–Crippen LogP) is 7.22. The molecule has 3 rings (SSSR count). The zero-order valence-corrected chi connectivity index (χ0v) is 24.5. The molecule has 2 aromatic heterocycles. The largest absolute Gasteiger partial charge is 0.367 e. The molecule has 1 fully saturated rings. The van der Waals surface area contributed by atoms with Gasteiger partial charge in [0.25, 0.3) is 0 Å². The Kier molecular flexibility index (Phi) is 13.2. The van der Waals surface area contributed by atoms with Gasteiger partial charge in [0.15, 0.2) is 0 Å². The molecule has 0 spiro atoms. The minimum atomic E-state index is -1.25. The highest BCUT2D eigenvalue weighted by atomic mass is 32.1. The van der Waals surface area contributed by atoms with E-state index in [1.807, 2.05) is 42.3 Å². The molecular formula is C29H42FN4OPS. The zero-order chi connectivity index (χ0) is 27.3. The van der Waals surface area contributed by atoms with Crippen molar-refractivity contribution < 1.29 is 9.18 Å². The molecule has 2 aromatic rings. The van der Waals surface area contributed by atoms with Crippen LogP contribution < -0.4 is 0 Å². The second-order valence-electron chi connectivity index (χ2n) is 9.53. The molecule has 1 amide bonds. The number of amides is 1. The number of thiazole rings is 1. The standard InChI is InChI=1S/C18H22N4OS.C11H20FP/c1-14(21(2)11-16-5-3-4-8-19-16)17-12-24-18(20-17)15-6-9-22(13-23)10-7-15;1-4-6-8-10(9-7-5-2)11(3,12)13/h3-5,8,12-13,15H,1,6-7,9-11H2,2H3;4,9H,1,5-8,13H2,2-3H3/b;10-9+. The highest BCUT2D eigenvalue weighted by molar-refractivity contribution is 7.19. The third kappa shape index (κ3) is 10.5. The first-order chi connectivity index (χ1) is 17.7. The van der Waals surface area contributed by atoms with Crippen molar-refractivity contribution in [3.05, 3.63) is 77.1 Å². The Hall–Kier alpha value is -2.37. The summed E-state index contributed by atoms with van der Waals surface area (Å²) in [7, 11) is 4.26. The number of likely N-dealkylation sites (tertiary alicyclic amines) is 1.